The van der Waals surface area contributed by atoms with Gasteiger partial charge in [-0.15, -0.1) is 0 Å². The van der Waals surface area contributed by atoms with E-state index >= 15 is 0 Å². The number of phosphoric ester groups is 1. The molecule has 14 nitrogen and oxygen atoms in total. The highest BCUT2D eigenvalue weighted by Crippen LogP contribution is 2.54. The number of phosphoric acid groups is 1. The molecule has 1 saturated carbocycles. The Balaban J connectivity index is 1.38. The van der Waals surface area contributed by atoms with Crippen LogP contribution in [0.5, 0.6) is 5.75 Å². The van der Waals surface area contributed by atoms with Crippen LogP contribution in [0.25, 0.3) is 5.52 Å². The van der Waals surface area contributed by atoms with Crippen LogP contribution in [-0.4, -0.2) is 60.3 Å². The zero-order chi connectivity index (χ0) is 26.9. The van der Waals surface area contributed by atoms with Crippen molar-refractivity contribution in [1.29, 1.82) is 5.26 Å². The molecule has 0 spiro atoms. The number of nitrogens with zero attached hydrogens (tertiary/aromatic N) is 5. The molecular formula is C23H24N5O9P. The largest absolute Gasteiger partial charge is 0.530 e. The van der Waals surface area contributed by atoms with Crippen LogP contribution in [-0.2, 0) is 18.3 Å². The SMILES string of the molecule is N#C[C@]1(COP(=O)(Oc2ccc([N+](=O)[O-])cc2)OC2CCCC2)O[C@@H](c2ccc3cncnn23)[C@H](O)[C@@H]1O. The molecule has 3 aromatic rings. The van der Waals surface area contributed by atoms with Gasteiger partial charge in [-0.05, 0) is 37.1 Å². The molecule has 2 aliphatic rings. The zero-order valence-corrected chi connectivity index (χ0v) is 20.8. The highest BCUT2D eigenvalue weighted by molar-refractivity contribution is 7.49. The summed E-state index contributed by atoms with van der Waals surface area (Å²) in [4.78, 5) is 14.3. The Bertz CT molecular complexity index is 1400. The standard InChI is InChI=1S/C23H24N5O9P/c24-12-23(22(30)20(29)21(35-23)19-10-7-16-11-25-14-26-27(16)19)13-34-38(33,36-17-3-1-2-4-17)37-18-8-5-15(6-9-18)28(31)32/h5-11,14,17,20-22,29-30H,1-4,13H2/t20-,21-,22-,23+,38?/m0/s1. The van der Waals surface area contributed by atoms with Crippen LogP contribution in [0.4, 0.5) is 5.69 Å². The van der Waals surface area contributed by atoms with Crippen molar-refractivity contribution in [2.75, 3.05) is 6.61 Å². The summed E-state index contributed by atoms with van der Waals surface area (Å²) in [5, 5.41) is 46.7. The molecule has 2 aromatic heterocycles. The van der Waals surface area contributed by atoms with Crippen LogP contribution in [0, 0.1) is 21.4 Å². The minimum absolute atomic E-state index is 0.0203. The van der Waals surface area contributed by atoms with Crippen LogP contribution >= 0.6 is 7.82 Å². The number of aromatic nitrogens is 3. The molecule has 1 aromatic carbocycles. The van der Waals surface area contributed by atoms with Gasteiger partial charge < -0.3 is 19.5 Å². The van der Waals surface area contributed by atoms with E-state index in [4.69, 9.17) is 18.3 Å². The van der Waals surface area contributed by atoms with E-state index in [0.29, 0.717) is 24.1 Å². The van der Waals surface area contributed by atoms with Crippen molar-refractivity contribution < 1.29 is 38.0 Å². The van der Waals surface area contributed by atoms with Gasteiger partial charge in [-0.3, -0.25) is 19.2 Å². The van der Waals surface area contributed by atoms with Crippen LogP contribution in [0.2, 0.25) is 0 Å². The number of benzene rings is 1. The quantitative estimate of drug-likeness (QED) is 0.227. The average molecular weight is 545 g/mol. The lowest BCUT2D eigenvalue weighted by molar-refractivity contribution is -0.384. The topological polar surface area (TPSA) is 192 Å². The second kappa shape index (κ2) is 10.4. The summed E-state index contributed by atoms with van der Waals surface area (Å²) in [5.74, 6) is -0.0203. The van der Waals surface area contributed by atoms with E-state index in [1.807, 2.05) is 6.07 Å². The Hall–Kier alpha value is -3.44. The number of nitro groups is 1. The number of aliphatic hydroxyl groups excluding tert-OH is 2. The Morgan fingerprint density at radius 2 is 1.97 bits per heavy atom. The summed E-state index contributed by atoms with van der Waals surface area (Å²) in [6.07, 6.45) is 0.882. The van der Waals surface area contributed by atoms with E-state index in [2.05, 4.69) is 10.1 Å². The Morgan fingerprint density at radius 3 is 2.66 bits per heavy atom. The summed E-state index contributed by atoms with van der Waals surface area (Å²) in [5.41, 5.74) is -1.36. The molecule has 1 unspecified atom stereocenters. The van der Waals surface area contributed by atoms with Crippen LogP contribution in [0.3, 0.4) is 0 Å². The highest BCUT2D eigenvalue weighted by Gasteiger charge is 2.57. The molecule has 0 amide bonds. The lowest BCUT2D eigenvalue weighted by Gasteiger charge is -2.27. The van der Waals surface area contributed by atoms with E-state index in [1.165, 1.54) is 35.1 Å². The number of ether oxygens (including phenoxy) is 1. The third-order valence-corrected chi connectivity index (χ3v) is 8.00. The smallest absolute Gasteiger partial charge is 0.404 e. The molecule has 15 heteroatoms. The van der Waals surface area contributed by atoms with Crippen molar-refractivity contribution in [1.82, 2.24) is 14.6 Å². The molecule has 5 atom stereocenters. The predicted molar refractivity (Wildman–Crippen MR) is 128 cm³/mol. The molecule has 3 heterocycles. The average Bonchev–Trinajstić information content (AvgIpc) is 3.63. The summed E-state index contributed by atoms with van der Waals surface area (Å²) in [7, 11) is -4.42. The molecule has 200 valence electrons. The normalized spacial score (nSPS) is 27.2. The van der Waals surface area contributed by atoms with E-state index in [1.54, 1.807) is 18.3 Å². The van der Waals surface area contributed by atoms with Crippen molar-refractivity contribution in [3.8, 4) is 11.8 Å². The van der Waals surface area contributed by atoms with Crippen LogP contribution < -0.4 is 4.52 Å². The molecular weight excluding hydrogens is 521 g/mol. The van der Waals surface area contributed by atoms with Gasteiger partial charge in [0.1, 0.15) is 43.1 Å². The Morgan fingerprint density at radius 1 is 1.24 bits per heavy atom. The monoisotopic (exact) mass is 545 g/mol. The Kier molecular flexibility index (Phi) is 7.15. The van der Waals surface area contributed by atoms with Gasteiger partial charge in [0, 0.05) is 12.1 Å². The molecule has 1 aliphatic heterocycles. The lowest BCUT2D eigenvalue weighted by atomic mass is 9.96. The number of fused-ring (bicyclic) bond motifs is 1. The first-order valence-corrected chi connectivity index (χ1v) is 13.3. The third kappa shape index (κ3) is 5.00. The summed E-state index contributed by atoms with van der Waals surface area (Å²) in [6.45, 7) is -0.770. The van der Waals surface area contributed by atoms with Crippen molar-refractivity contribution >= 4 is 19.0 Å². The Labute approximate surface area is 216 Å². The van der Waals surface area contributed by atoms with Gasteiger partial charge in [0.2, 0.25) is 5.60 Å². The molecule has 38 heavy (non-hydrogen) atoms. The van der Waals surface area contributed by atoms with E-state index in [0.717, 1.165) is 12.8 Å². The van der Waals surface area contributed by atoms with Crippen molar-refractivity contribution in [3.05, 3.63) is 64.7 Å². The van der Waals surface area contributed by atoms with E-state index in [9.17, 15) is 30.2 Å². The molecule has 2 fully saturated rings. The summed E-state index contributed by atoms with van der Waals surface area (Å²) in [6, 6.07) is 9.96. The number of hydrogen-bond acceptors (Lipinski definition) is 12. The number of rotatable bonds is 9. The van der Waals surface area contributed by atoms with Gasteiger partial charge in [0.15, 0.2) is 0 Å². The van der Waals surface area contributed by atoms with Crippen molar-refractivity contribution in [3.63, 3.8) is 0 Å². The van der Waals surface area contributed by atoms with Gasteiger partial charge in [-0.1, -0.05) is 12.8 Å². The second-order valence-electron chi connectivity index (χ2n) is 9.05. The predicted octanol–water partition coefficient (Wildman–Crippen LogP) is 2.86. The molecule has 1 saturated heterocycles. The van der Waals surface area contributed by atoms with Gasteiger partial charge in [-0.2, -0.15) is 10.4 Å². The van der Waals surface area contributed by atoms with Gasteiger partial charge in [0.25, 0.3) is 5.69 Å². The third-order valence-electron chi connectivity index (χ3n) is 6.57. The first-order chi connectivity index (χ1) is 18.2. The minimum Gasteiger partial charge on any atom is -0.404 e. The van der Waals surface area contributed by atoms with Crippen molar-refractivity contribution in [2.24, 2.45) is 0 Å². The molecule has 2 N–H and O–H groups in total. The number of nitriles is 1. The number of hydrogen-bond donors (Lipinski definition) is 2. The van der Waals surface area contributed by atoms with Gasteiger partial charge in [0.05, 0.1) is 28.4 Å². The fraction of sp³-hybridized carbons (Fsp3) is 0.435. The first kappa shape index (κ1) is 26.2. The maximum Gasteiger partial charge on any atom is 0.530 e. The summed E-state index contributed by atoms with van der Waals surface area (Å²) >= 11 is 0. The highest BCUT2D eigenvalue weighted by atomic mass is 31.2. The van der Waals surface area contributed by atoms with E-state index < -0.39 is 49.4 Å². The maximum absolute atomic E-state index is 13.7. The molecule has 0 bridgehead atoms. The number of nitro benzene ring substituents is 1. The lowest BCUT2D eigenvalue weighted by Crippen LogP contribution is -2.45. The first-order valence-electron chi connectivity index (χ1n) is 11.8. The van der Waals surface area contributed by atoms with Gasteiger partial charge >= 0.3 is 7.82 Å². The molecule has 1 aliphatic carbocycles. The number of non-ortho nitro benzene ring substituents is 1. The number of aliphatic hydroxyl groups is 2. The molecule has 0 radical (unpaired) electrons. The van der Waals surface area contributed by atoms with E-state index in [-0.39, 0.29) is 11.4 Å². The van der Waals surface area contributed by atoms with Crippen molar-refractivity contribution in [2.45, 2.75) is 55.7 Å². The fourth-order valence-corrected chi connectivity index (χ4v) is 6.04. The molecule has 5 rings (SSSR count). The van der Waals surface area contributed by atoms with Crippen LogP contribution in [0.15, 0.2) is 48.9 Å². The minimum atomic E-state index is -4.42. The van der Waals surface area contributed by atoms with Crippen LogP contribution in [0.1, 0.15) is 37.5 Å². The second-order valence-corrected chi connectivity index (χ2v) is 10.6. The zero-order valence-electron chi connectivity index (χ0n) is 19.9. The van der Waals surface area contributed by atoms with Gasteiger partial charge in [-0.25, -0.2) is 14.1 Å². The maximum atomic E-state index is 13.7. The fourth-order valence-electron chi connectivity index (χ4n) is 4.57. The summed E-state index contributed by atoms with van der Waals surface area (Å²) < 4.78 is 37.8.